The zero-order valence-corrected chi connectivity index (χ0v) is 60.8. The Morgan fingerprint density at radius 2 is 0.877 bits per heavy atom. The Morgan fingerprint density at radius 1 is 0.425 bits per heavy atom. The summed E-state index contributed by atoms with van der Waals surface area (Å²) in [6.07, 6.45) is -6.28. The highest BCUT2D eigenvalue weighted by Gasteiger charge is 2.38. The van der Waals surface area contributed by atoms with Gasteiger partial charge >= 0.3 is 29.8 Å². The summed E-state index contributed by atoms with van der Waals surface area (Å²) in [6, 6.07) is -10.5. The highest BCUT2D eigenvalue weighted by molar-refractivity contribution is 6.17. The number of carbonyl (C=O) groups is 19. The molecule has 0 saturated carbocycles. The summed E-state index contributed by atoms with van der Waals surface area (Å²) >= 11 is 5.68. The maximum Gasteiger partial charge on any atom is 0.326 e. The molecule has 40 heteroatoms. The first kappa shape index (κ1) is 93.4. The predicted molar refractivity (Wildman–Crippen MR) is 372 cm³/mol. The fourth-order valence-electron chi connectivity index (χ4n) is 9.95. The van der Waals surface area contributed by atoms with Gasteiger partial charge in [0.05, 0.1) is 19.1 Å². The van der Waals surface area contributed by atoms with Gasteiger partial charge in [-0.3, -0.25) is 86.3 Å². The van der Waals surface area contributed by atoms with Gasteiger partial charge in [0.25, 0.3) is 0 Å². The van der Waals surface area contributed by atoms with Crippen molar-refractivity contribution >= 4 is 124 Å². The topological polar surface area (TPSA) is 628 Å². The van der Waals surface area contributed by atoms with Crippen molar-refractivity contribution in [3.8, 4) is 0 Å². The van der Waals surface area contributed by atoms with E-state index in [0.717, 1.165) is 13.8 Å². The second-order valence-corrected chi connectivity index (χ2v) is 25.8. The number of benzene rings is 1. The number of carboxylic acid groups (broad SMARTS) is 5. The summed E-state index contributed by atoms with van der Waals surface area (Å²) in [5.41, 5.74) is 5.76. The molecule has 0 aliphatic heterocycles. The van der Waals surface area contributed by atoms with Crippen LogP contribution >= 0.6 is 11.6 Å². The van der Waals surface area contributed by atoms with Crippen LogP contribution in [0.4, 0.5) is 0 Å². The van der Waals surface area contributed by atoms with E-state index >= 15 is 0 Å². The van der Waals surface area contributed by atoms with Crippen molar-refractivity contribution in [1.29, 1.82) is 0 Å². The van der Waals surface area contributed by atoms with Gasteiger partial charge in [0.15, 0.2) is 0 Å². The Labute approximate surface area is 615 Å². The van der Waals surface area contributed by atoms with Crippen LogP contribution in [0.3, 0.4) is 0 Å². The van der Waals surface area contributed by atoms with E-state index in [2.05, 4.69) is 63.8 Å². The number of rotatable bonds is 53. The van der Waals surface area contributed by atoms with Crippen LogP contribution in [0.5, 0.6) is 0 Å². The monoisotopic (exact) mass is 1520 g/mol. The number of nitrogens with one attached hydrogen (secondary N) is 13. The lowest BCUT2D eigenvalue weighted by atomic mass is 9.97. The Hall–Kier alpha value is -10.6. The van der Waals surface area contributed by atoms with E-state index < -0.39 is 255 Å². The van der Waals surface area contributed by atoms with Gasteiger partial charge in [0, 0.05) is 57.9 Å². The molecule has 0 aliphatic rings. The molecule has 0 spiro atoms. The maximum atomic E-state index is 14.4. The van der Waals surface area contributed by atoms with Crippen LogP contribution in [-0.2, 0) is 97.5 Å². The lowest BCUT2D eigenvalue weighted by Crippen LogP contribution is -2.61. The van der Waals surface area contributed by atoms with Crippen LogP contribution in [0, 0.1) is 11.8 Å². The second-order valence-electron chi connectivity index (χ2n) is 25.4. The fraction of sp³-hybridized carbons (Fsp3) is 0.621. The third-order valence-corrected chi connectivity index (χ3v) is 16.3. The maximum absolute atomic E-state index is 14.4. The molecule has 39 nitrogen and oxygen atoms in total. The Balaban J connectivity index is 3.49. The molecular formula is C66H101ClN14O25. The summed E-state index contributed by atoms with van der Waals surface area (Å²) < 4.78 is 0. The van der Waals surface area contributed by atoms with Gasteiger partial charge in [-0.25, -0.2) is 4.79 Å². The van der Waals surface area contributed by atoms with Crippen LogP contribution in [-0.4, -0.2) is 235 Å². The van der Waals surface area contributed by atoms with E-state index in [1.54, 1.807) is 37.3 Å². The van der Waals surface area contributed by atoms with E-state index in [0.29, 0.717) is 30.7 Å². The van der Waals surface area contributed by atoms with Gasteiger partial charge in [0.2, 0.25) is 82.7 Å². The van der Waals surface area contributed by atoms with E-state index in [1.165, 1.54) is 27.7 Å². The number of halogens is 1. The molecule has 1 rings (SSSR count). The molecule has 0 unspecified atom stereocenters. The van der Waals surface area contributed by atoms with Crippen molar-refractivity contribution in [2.45, 2.75) is 230 Å². The molecular weight excluding hydrogens is 1420 g/mol. The third-order valence-electron chi connectivity index (χ3n) is 16.1. The summed E-state index contributed by atoms with van der Waals surface area (Å²) in [5, 5.41) is 88.6. The molecule has 1 aromatic carbocycles. The summed E-state index contributed by atoms with van der Waals surface area (Å²) in [6.45, 7) is 8.65. The molecule has 1 aromatic rings. The number of hydrogen-bond donors (Lipinski definition) is 20. The Morgan fingerprint density at radius 3 is 1.36 bits per heavy atom. The summed E-state index contributed by atoms with van der Waals surface area (Å²) in [5.74, 6) is -22.9. The first-order valence-corrected chi connectivity index (χ1v) is 34.8. The molecule has 0 radical (unpaired) electrons. The molecule has 14 amide bonds. The van der Waals surface area contributed by atoms with Gasteiger partial charge in [0.1, 0.15) is 66.5 Å². The third kappa shape index (κ3) is 37.7. The second kappa shape index (κ2) is 49.2. The van der Waals surface area contributed by atoms with E-state index in [1.807, 2.05) is 5.32 Å². The zero-order chi connectivity index (χ0) is 80.5. The predicted octanol–water partition coefficient (Wildman–Crippen LogP) is -4.08. The van der Waals surface area contributed by atoms with Crippen molar-refractivity contribution in [1.82, 2.24) is 69.1 Å². The van der Waals surface area contributed by atoms with Crippen molar-refractivity contribution in [3.63, 3.8) is 0 Å². The molecule has 13 atom stereocenters. The molecule has 21 N–H and O–H groups in total. The number of alkyl halides is 1. The Kier molecular flexibility index (Phi) is 43.3. The lowest BCUT2D eigenvalue weighted by Gasteiger charge is -2.29. The Bertz CT molecular complexity index is 3220. The highest BCUT2D eigenvalue weighted by Crippen LogP contribution is 2.14. The van der Waals surface area contributed by atoms with E-state index in [9.17, 15) is 117 Å². The molecule has 0 saturated heterocycles. The zero-order valence-electron chi connectivity index (χ0n) is 60.0. The van der Waals surface area contributed by atoms with Crippen molar-refractivity contribution in [2.24, 2.45) is 17.6 Å². The largest absolute Gasteiger partial charge is 0.481 e. The quantitative estimate of drug-likeness (QED) is 0.0218. The summed E-state index contributed by atoms with van der Waals surface area (Å²) in [4.78, 5) is 247. The minimum absolute atomic E-state index is 0.124. The number of carboxylic acids is 5. The molecule has 0 bridgehead atoms. The normalized spacial score (nSPS) is 14.6. The van der Waals surface area contributed by atoms with Crippen LogP contribution in [0.15, 0.2) is 30.3 Å². The number of amides is 14. The van der Waals surface area contributed by atoms with Gasteiger partial charge in [-0.05, 0) is 89.0 Å². The van der Waals surface area contributed by atoms with Crippen LogP contribution in [0.2, 0.25) is 0 Å². The van der Waals surface area contributed by atoms with Gasteiger partial charge in [-0.15, -0.1) is 11.6 Å². The van der Waals surface area contributed by atoms with Crippen LogP contribution in [0.1, 0.15) is 157 Å². The minimum atomic E-state index is -1.83. The van der Waals surface area contributed by atoms with Gasteiger partial charge < -0.3 is 105 Å². The number of primary amides is 1. The number of hydrogen-bond acceptors (Lipinski definition) is 20. The smallest absolute Gasteiger partial charge is 0.326 e. The standard InChI is InChI=1S/C66H101ClN14O25/c1-8-34(4)54(80-65(104)55(36(6)82)81-56(95)35(5)71-57(96)39(18-13-15-29-69-47(85)19-12-14-28-67)74-62(101)45(31-52(93)94)72-37(7)83)63(102)70-32-48(86)73-44(30-38-16-10-9-11-17-38)61(100)76-42(22-26-50(89)90)60(99)79-53(33(2)3)64(103)77-40(20-24-46(68)84)58(97)75-41(21-25-49(87)88)59(98)78-43(66(105)106)23-27-51(91)92/h9-11,16-17,33-36,39-45,53-55,82H,8,12-15,18-32H2,1-7H3,(H2,68,84)(H,69,85)(H,70,102)(H,71,96)(H,72,83)(H,73,86)(H,74,101)(H,75,97)(H,76,100)(H,77,103)(H,78,98)(H,79,99)(H,80,104)(H,81,95)(H,87,88)(H,89,90)(H,91,92)(H,93,94)(H,105,106)/t34-,35-,36+,39-,40-,41-,42-,43-,44-,45-,53-,54-,55-/m0/s1. The number of aliphatic hydroxyl groups excluding tert-OH is 1. The highest BCUT2D eigenvalue weighted by atomic mass is 35.5. The average molecular weight is 1530 g/mol. The number of aliphatic carboxylic acids is 5. The molecule has 0 fully saturated rings. The average Bonchev–Trinajstić information content (AvgIpc) is 0.858. The number of nitrogens with two attached hydrogens (primary N) is 1. The number of carbonyl (C=O) groups excluding carboxylic acids is 14. The van der Waals surface area contributed by atoms with Gasteiger partial charge in [-0.1, -0.05) is 64.4 Å². The first-order chi connectivity index (χ1) is 49.7. The molecule has 0 heterocycles. The van der Waals surface area contributed by atoms with Crippen LogP contribution < -0.4 is 74.9 Å². The first-order valence-electron chi connectivity index (χ1n) is 34.2. The van der Waals surface area contributed by atoms with Crippen LogP contribution in [0.25, 0.3) is 0 Å². The lowest BCUT2D eigenvalue weighted by molar-refractivity contribution is -0.144. The fourth-order valence-corrected chi connectivity index (χ4v) is 10.1. The van der Waals surface area contributed by atoms with Gasteiger partial charge in [-0.2, -0.15) is 0 Å². The minimum Gasteiger partial charge on any atom is -0.481 e. The molecule has 106 heavy (non-hydrogen) atoms. The number of aliphatic hydroxyl groups is 1. The molecule has 0 aromatic heterocycles. The molecule has 592 valence electrons. The van der Waals surface area contributed by atoms with Crippen molar-refractivity contribution in [2.75, 3.05) is 19.0 Å². The summed E-state index contributed by atoms with van der Waals surface area (Å²) in [7, 11) is 0. The SMILES string of the molecule is CC[C@H](C)[C@H](NC(=O)[C@@H](NC(=O)[C@H](C)NC(=O)[C@H](CCCCNC(=O)CCCCCl)NC(=O)[C@H](CC(=O)O)NC(C)=O)[C@@H](C)O)C(=O)NCC(=O)N[C@@H](Cc1ccccc1)C(=O)N[C@@H](CCC(=O)O)C(=O)N[C@H](C(=O)N[C@@H](CCC(N)=O)C(=O)N[C@@H](CCC(=O)O)C(=O)N[C@@H](CCC(=O)O)C(=O)O)C(C)C. The number of unbranched alkanes of at least 4 members (excludes halogenated alkanes) is 2. The van der Waals surface area contributed by atoms with E-state index in [4.69, 9.17) is 22.4 Å². The van der Waals surface area contributed by atoms with Crippen molar-refractivity contribution < 1.29 is 122 Å². The van der Waals surface area contributed by atoms with Crippen molar-refractivity contribution in [3.05, 3.63) is 35.9 Å². The molecule has 0 aliphatic carbocycles. The van der Waals surface area contributed by atoms with E-state index in [-0.39, 0.29) is 44.6 Å².